The Hall–Kier alpha value is -2.77. The highest BCUT2D eigenvalue weighted by molar-refractivity contribution is 5.93. The second-order valence-electron chi connectivity index (χ2n) is 7.66. The van der Waals surface area contributed by atoms with Crippen molar-refractivity contribution in [1.29, 1.82) is 0 Å². The van der Waals surface area contributed by atoms with Crippen LogP contribution in [0, 0.1) is 0 Å². The van der Waals surface area contributed by atoms with Crippen LogP contribution < -0.4 is 0 Å². The molecule has 0 saturated carbocycles. The SMILES string of the molecule is CC(C)c1cc([C@@H]2CCCN2C(=O)c2cc(C(C)C)n3ncnc3n2)no1. The third-order valence-electron chi connectivity index (χ3n) is 5.06. The molecule has 1 amide bonds. The van der Waals surface area contributed by atoms with Crippen LogP contribution in [0.3, 0.4) is 0 Å². The zero-order valence-electron chi connectivity index (χ0n) is 16.1. The smallest absolute Gasteiger partial charge is 0.273 e. The van der Waals surface area contributed by atoms with Gasteiger partial charge in [0.05, 0.1) is 11.7 Å². The van der Waals surface area contributed by atoms with Crippen LogP contribution in [0.5, 0.6) is 0 Å². The van der Waals surface area contributed by atoms with E-state index in [1.807, 2.05) is 17.0 Å². The van der Waals surface area contributed by atoms with Crippen molar-refractivity contribution < 1.29 is 9.32 Å². The maximum absolute atomic E-state index is 13.3. The molecule has 4 heterocycles. The molecular weight excluding hydrogens is 344 g/mol. The Labute approximate surface area is 157 Å². The molecule has 1 aliphatic rings. The zero-order valence-corrected chi connectivity index (χ0v) is 16.1. The summed E-state index contributed by atoms with van der Waals surface area (Å²) in [6, 6.07) is 3.72. The summed E-state index contributed by atoms with van der Waals surface area (Å²) in [4.78, 5) is 23.7. The first-order valence-electron chi connectivity index (χ1n) is 9.44. The van der Waals surface area contributed by atoms with E-state index in [1.54, 1.807) is 4.52 Å². The molecule has 3 aromatic heterocycles. The highest BCUT2D eigenvalue weighted by atomic mass is 16.5. The summed E-state index contributed by atoms with van der Waals surface area (Å²) >= 11 is 0. The standard InChI is InChI=1S/C19H24N6O2/c1-11(2)16-8-14(22-19-20-10-21-25(16)19)18(26)24-7-5-6-15(24)13-9-17(12(3)4)27-23-13/h8-12,15H,5-7H2,1-4H3/t15-/m0/s1. The number of hydrogen-bond donors (Lipinski definition) is 0. The molecule has 0 radical (unpaired) electrons. The summed E-state index contributed by atoms with van der Waals surface area (Å²) in [6.07, 6.45) is 3.27. The number of aromatic nitrogens is 5. The first kappa shape index (κ1) is 17.6. The van der Waals surface area contributed by atoms with E-state index in [-0.39, 0.29) is 23.8 Å². The van der Waals surface area contributed by atoms with Crippen LogP contribution in [0.4, 0.5) is 0 Å². The van der Waals surface area contributed by atoms with Gasteiger partial charge in [-0.15, -0.1) is 0 Å². The van der Waals surface area contributed by atoms with Crippen LogP contribution in [0.2, 0.25) is 0 Å². The lowest BCUT2D eigenvalue weighted by molar-refractivity contribution is 0.0724. The fourth-order valence-electron chi connectivity index (χ4n) is 3.55. The molecular formula is C19H24N6O2. The average molecular weight is 368 g/mol. The number of hydrogen-bond acceptors (Lipinski definition) is 6. The fraction of sp³-hybridized carbons (Fsp3) is 0.526. The Morgan fingerprint density at radius 1 is 1.22 bits per heavy atom. The number of amides is 1. The van der Waals surface area contributed by atoms with Gasteiger partial charge < -0.3 is 9.42 Å². The van der Waals surface area contributed by atoms with E-state index >= 15 is 0 Å². The van der Waals surface area contributed by atoms with Gasteiger partial charge in [0, 0.05) is 18.5 Å². The molecule has 0 aliphatic carbocycles. The minimum atomic E-state index is -0.0982. The van der Waals surface area contributed by atoms with E-state index in [0.29, 0.717) is 18.0 Å². The topological polar surface area (TPSA) is 89.4 Å². The van der Waals surface area contributed by atoms with Crippen molar-refractivity contribution in [2.24, 2.45) is 0 Å². The van der Waals surface area contributed by atoms with Crippen molar-refractivity contribution in [2.75, 3.05) is 6.54 Å². The average Bonchev–Trinajstić information content (AvgIpc) is 3.38. The van der Waals surface area contributed by atoms with E-state index < -0.39 is 0 Å². The summed E-state index contributed by atoms with van der Waals surface area (Å²) < 4.78 is 7.13. The van der Waals surface area contributed by atoms with E-state index in [1.165, 1.54) is 6.33 Å². The summed E-state index contributed by atoms with van der Waals surface area (Å²) in [5.41, 5.74) is 2.14. The van der Waals surface area contributed by atoms with Gasteiger partial charge >= 0.3 is 0 Å². The van der Waals surface area contributed by atoms with Crippen LogP contribution in [0.15, 0.2) is 23.0 Å². The minimum absolute atomic E-state index is 0.0767. The van der Waals surface area contributed by atoms with Gasteiger partial charge in [-0.2, -0.15) is 10.1 Å². The van der Waals surface area contributed by atoms with Crippen molar-refractivity contribution in [3.8, 4) is 0 Å². The molecule has 27 heavy (non-hydrogen) atoms. The molecule has 0 bridgehead atoms. The van der Waals surface area contributed by atoms with E-state index in [0.717, 1.165) is 30.0 Å². The van der Waals surface area contributed by atoms with Crippen molar-refractivity contribution in [3.63, 3.8) is 0 Å². The molecule has 8 nitrogen and oxygen atoms in total. The van der Waals surface area contributed by atoms with Gasteiger partial charge in [-0.1, -0.05) is 32.9 Å². The summed E-state index contributed by atoms with van der Waals surface area (Å²) in [6.45, 7) is 8.93. The van der Waals surface area contributed by atoms with Gasteiger partial charge in [-0.05, 0) is 24.8 Å². The minimum Gasteiger partial charge on any atom is -0.361 e. The van der Waals surface area contributed by atoms with E-state index in [2.05, 4.69) is 47.9 Å². The molecule has 1 saturated heterocycles. The first-order chi connectivity index (χ1) is 13.0. The molecule has 0 spiro atoms. The number of nitrogens with zero attached hydrogens (tertiary/aromatic N) is 6. The molecule has 0 N–H and O–H groups in total. The number of likely N-dealkylation sites (tertiary alicyclic amines) is 1. The molecule has 1 aliphatic heterocycles. The molecule has 142 valence electrons. The number of carbonyl (C=O) groups excluding carboxylic acids is 1. The van der Waals surface area contributed by atoms with Gasteiger partial charge in [-0.25, -0.2) is 9.50 Å². The van der Waals surface area contributed by atoms with Gasteiger partial charge in [0.1, 0.15) is 23.5 Å². The van der Waals surface area contributed by atoms with Crippen LogP contribution in [-0.2, 0) is 0 Å². The van der Waals surface area contributed by atoms with Crippen LogP contribution >= 0.6 is 0 Å². The predicted octanol–water partition coefficient (Wildman–Crippen LogP) is 3.34. The van der Waals surface area contributed by atoms with Gasteiger partial charge in [0.15, 0.2) is 0 Å². The normalized spacial score (nSPS) is 17.6. The maximum Gasteiger partial charge on any atom is 0.273 e. The number of carbonyl (C=O) groups is 1. The van der Waals surface area contributed by atoms with Crippen molar-refractivity contribution in [1.82, 2.24) is 29.6 Å². The Morgan fingerprint density at radius 3 is 2.74 bits per heavy atom. The second kappa shape index (κ2) is 6.75. The lowest BCUT2D eigenvalue weighted by Gasteiger charge is -2.23. The highest BCUT2D eigenvalue weighted by Crippen LogP contribution is 2.34. The highest BCUT2D eigenvalue weighted by Gasteiger charge is 2.34. The van der Waals surface area contributed by atoms with Crippen molar-refractivity contribution in [3.05, 3.63) is 41.3 Å². The van der Waals surface area contributed by atoms with E-state index in [4.69, 9.17) is 4.52 Å². The Kier molecular flexibility index (Phi) is 4.41. The Morgan fingerprint density at radius 2 is 2.04 bits per heavy atom. The summed E-state index contributed by atoms with van der Waals surface area (Å²) in [7, 11) is 0. The number of fused-ring (bicyclic) bond motifs is 1. The van der Waals surface area contributed by atoms with Crippen LogP contribution in [0.25, 0.3) is 5.78 Å². The molecule has 1 atom stereocenters. The van der Waals surface area contributed by atoms with Gasteiger partial charge in [0.25, 0.3) is 11.7 Å². The third-order valence-corrected chi connectivity index (χ3v) is 5.06. The van der Waals surface area contributed by atoms with E-state index in [9.17, 15) is 4.79 Å². The third kappa shape index (κ3) is 3.09. The molecule has 0 aromatic carbocycles. The summed E-state index contributed by atoms with van der Waals surface area (Å²) in [5.74, 6) is 1.65. The maximum atomic E-state index is 13.3. The molecule has 3 aromatic rings. The second-order valence-corrected chi connectivity index (χ2v) is 7.66. The zero-order chi connectivity index (χ0) is 19.1. The number of rotatable bonds is 4. The van der Waals surface area contributed by atoms with Crippen molar-refractivity contribution in [2.45, 2.75) is 58.4 Å². The van der Waals surface area contributed by atoms with Crippen LogP contribution in [0.1, 0.15) is 86.1 Å². The van der Waals surface area contributed by atoms with Crippen molar-refractivity contribution >= 4 is 11.7 Å². The lowest BCUT2D eigenvalue weighted by Crippen LogP contribution is -2.31. The Bertz CT molecular complexity index is 974. The molecule has 8 heteroatoms. The lowest BCUT2D eigenvalue weighted by atomic mass is 10.1. The molecule has 4 rings (SSSR count). The molecule has 1 fully saturated rings. The largest absolute Gasteiger partial charge is 0.361 e. The first-order valence-corrected chi connectivity index (χ1v) is 9.44. The quantitative estimate of drug-likeness (QED) is 0.702. The summed E-state index contributed by atoms with van der Waals surface area (Å²) in [5, 5.41) is 8.43. The van der Waals surface area contributed by atoms with Gasteiger partial charge in [0.2, 0.25) is 0 Å². The van der Waals surface area contributed by atoms with Gasteiger partial charge in [-0.3, -0.25) is 4.79 Å². The monoisotopic (exact) mass is 368 g/mol. The van der Waals surface area contributed by atoms with Crippen LogP contribution in [-0.4, -0.2) is 42.1 Å². The Balaban J connectivity index is 1.68. The molecule has 0 unspecified atom stereocenters. The predicted molar refractivity (Wildman–Crippen MR) is 98.5 cm³/mol. The fourth-order valence-corrected chi connectivity index (χ4v) is 3.55.